The van der Waals surface area contributed by atoms with Crippen LogP contribution in [0.2, 0.25) is 5.02 Å². The minimum atomic E-state index is -0.170. The summed E-state index contributed by atoms with van der Waals surface area (Å²) in [4.78, 5) is 27.5. The molecule has 3 heterocycles. The Morgan fingerprint density at radius 1 is 0.938 bits per heavy atom. The maximum atomic E-state index is 13.0. The average molecular weight is 459 g/mol. The first-order valence-corrected chi connectivity index (χ1v) is 11.1. The van der Waals surface area contributed by atoms with Crippen molar-refractivity contribution in [1.29, 1.82) is 0 Å². The van der Waals surface area contributed by atoms with Gasteiger partial charge in [-0.3, -0.25) is 9.59 Å². The van der Waals surface area contributed by atoms with E-state index >= 15 is 0 Å². The van der Waals surface area contributed by atoms with Crippen LogP contribution in [0.1, 0.15) is 29.6 Å². The molecule has 2 aromatic rings. The molecule has 2 aromatic carbocycles. The van der Waals surface area contributed by atoms with E-state index in [9.17, 15) is 9.59 Å². The second-order valence-electron chi connectivity index (χ2n) is 7.96. The Labute approximate surface area is 190 Å². The number of carbonyl (C=O) groups is 2. The van der Waals surface area contributed by atoms with Gasteiger partial charge in [0.15, 0.2) is 23.0 Å². The van der Waals surface area contributed by atoms with Crippen molar-refractivity contribution >= 4 is 29.1 Å². The number of hydrogen-bond donors (Lipinski definition) is 1. The third-order valence-electron chi connectivity index (χ3n) is 5.84. The summed E-state index contributed by atoms with van der Waals surface area (Å²) in [6.45, 7) is 2.22. The molecule has 32 heavy (non-hydrogen) atoms. The molecular formula is C23H23ClN2O6. The standard InChI is InChI=1S/C23H23ClN2O6/c24-17-10-15(11-20-21(17)30-9-1-8-29-20)23(28)26-6-4-14(5-7-26)22(27)25-16-2-3-18-19(12-16)32-13-31-18/h2-3,10-12,14H,1,4-9,13H2,(H,25,27). The summed E-state index contributed by atoms with van der Waals surface area (Å²) in [5.41, 5.74) is 1.13. The number of nitrogens with zero attached hydrogens (tertiary/aromatic N) is 1. The van der Waals surface area contributed by atoms with Crippen LogP contribution in [0.25, 0.3) is 0 Å². The van der Waals surface area contributed by atoms with E-state index in [0.717, 1.165) is 6.42 Å². The molecule has 0 unspecified atom stereocenters. The molecule has 0 aliphatic carbocycles. The lowest BCUT2D eigenvalue weighted by molar-refractivity contribution is -0.121. The van der Waals surface area contributed by atoms with Crippen LogP contribution in [0.5, 0.6) is 23.0 Å². The van der Waals surface area contributed by atoms with Crippen LogP contribution in [0, 0.1) is 5.92 Å². The van der Waals surface area contributed by atoms with Crippen molar-refractivity contribution in [1.82, 2.24) is 4.90 Å². The van der Waals surface area contributed by atoms with Gasteiger partial charge in [0.05, 0.1) is 18.2 Å². The summed E-state index contributed by atoms with van der Waals surface area (Å²) in [7, 11) is 0. The van der Waals surface area contributed by atoms with Gasteiger partial charge in [0.1, 0.15) is 0 Å². The third-order valence-corrected chi connectivity index (χ3v) is 6.12. The fourth-order valence-electron chi connectivity index (χ4n) is 4.10. The fraction of sp³-hybridized carbons (Fsp3) is 0.391. The van der Waals surface area contributed by atoms with Crippen molar-refractivity contribution < 1.29 is 28.5 Å². The van der Waals surface area contributed by atoms with Gasteiger partial charge in [-0.15, -0.1) is 0 Å². The molecule has 0 radical (unpaired) electrons. The van der Waals surface area contributed by atoms with Gasteiger partial charge in [-0.25, -0.2) is 0 Å². The number of fused-ring (bicyclic) bond motifs is 2. The second-order valence-corrected chi connectivity index (χ2v) is 8.37. The number of carbonyl (C=O) groups excluding carboxylic acids is 2. The Bertz CT molecular complexity index is 1050. The molecule has 3 aliphatic heterocycles. The van der Waals surface area contributed by atoms with Gasteiger partial charge >= 0.3 is 0 Å². The number of nitrogens with one attached hydrogen (secondary N) is 1. The van der Waals surface area contributed by atoms with Crippen molar-refractivity contribution in [2.75, 3.05) is 38.4 Å². The zero-order valence-electron chi connectivity index (χ0n) is 17.4. The highest BCUT2D eigenvalue weighted by molar-refractivity contribution is 6.32. The number of anilines is 1. The van der Waals surface area contributed by atoms with E-state index in [2.05, 4.69) is 5.32 Å². The van der Waals surface area contributed by atoms with Crippen molar-refractivity contribution in [3.05, 3.63) is 40.9 Å². The predicted octanol–water partition coefficient (Wildman–Crippen LogP) is 3.72. The molecule has 0 aromatic heterocycles. The number of halogens is 1. The number of amides is 2. The number of rotatable bonds is 3. The largest absolute Gasteiger partial charge is 0.489 e. The number of hydrogen-bond acceptors (Lipinski definition) is 6. The summed E-state index contributed by atoms with van der Waals surface area (Å²) >= 11 is 6.33. The van der Waals surface area contributed by atoms with E-state index in [4.69, 9.17) is 30.5 Å². The number of benzene rings is 2. The van der Waals surface area contributed by atoms with Gasteiger partial charge in [-0.2, -0.15) is 0 Å². The molecule has 5 rings (SSSR count). The average Bonchev–Trinajstić information content (AvgIpc) is 3.14. The van der Waals surface area contributed by atoms with Gasteiger partial charge in [0.2, 0.25) is 12.7 Å². The zero-order valence-corrected chi connectivity index (χ0v) is 18.2. The predicted molar refractivity (Wildman–Crippen MR) is 117 cm³/mol. The Morgan fingerprint density at radius 3 is 2.56 bits per heavy atom. The van der Waals surface area contributed by atoms with Crippen LogP contribution in [-0.2, 0) is 4.79 Å². The van der Waals surface area contributed by atoms with Crippen LogP contribution in [0.3, 0.4) is 0 Å². The maximum absolute atomic E-state index is 13.0. The minimum Gasteiger partial charge on any atom is -0.489 e. The lowest BCUT2D eigenvalue weighted by Gasteiger charge is -2.31. The van der Waals surface area contributed by atoms with Crippen molar-refractivity contribution in [2.24, 2.45) is 5.92 Å². The molecule has 0 atom stereocenters. The SMILES string of the molecule is O=C(Nc1ccc2c(c1)OCO2)C1CCN(C(=O)c2cc(Cl)c3c(c2)OCCCO3)CC1. The molecule has 0 saturated carbocycles. The topological polar surface area (TPSA) is 86.3 Å². The molecule has 1 saturated heterocycles. The molecule has 1 N–H and O–H groups in total. The number of ether oxygens (including phenoxy) is 4. The Kier molecular flexibility index (Phi) is 5.70. The maximum Gasteiger partial charge on any atom is 0.254 e. The van der Waals surface area contributed by atoms with E-state index in [1.807, 2.05) is 0 Å². The first-order valence-electron chi connectivity index (χ1n) is 10.7. The van der Waals surface area contributed by atoms with Crippen molar-refractivity contribution in [3.63, 3.8) is 0 Å². The summed E-state index contributed by atoms with van der Waals surface area (Å²) in [5.74, 6) is 1.92. The molecule has 168 valence electrons. The summed E-state index contributed by atoms with van der Waals surface area (Å²) in [6.07, 6.45) is 1.93. The van der Waals surface area contributed by atoms with E-state index in [0.29, 0.717) is 78.4 Å². The normalized spacial score (nSPS) is 17.6. The van der Waals surface area contributed by atoms with E-state index < -0.39 is 0 Å². The molecule has 1 fully saturated rings. The summed E-state index contributed by atoms with van der Waals surface area (Å²) in [6, 6.07) is 8.63. The zero-order chi connectivity index (χ0) is 22.1. The monoisotopic (exact) mass is 458 g/mol. The Balaban J connectivity index is 1.20. The Hall–Kier alpha value is -3.13. The van der Waals surface area contributed by atoms with Crippen LogP contribution >= 0.6 is 11.6 Å². The van der Waals surface area contributed by atoms with Crippen LogP contribution in [0.4, 0.5) is 5.69 Å². The van der Waals surface area contributed by atoms with E-state index in [1.54, 1.807) is 35.2 Å². The quantitative estimate of drug-likeness (QED) is 0.754. The van der Waals surface area contributed by atoms with Gasteiger partial charge in [0, 0.05) is 42.7 Å². The lowest BCUT2D eigenvalue weighted by Crippen LogP contribution is -2.41. The van der Waals surface area contributed by atoms with Gasteiger partial charge in [-0.1, -0.05) is 11.6 Å². The second kappa shape index (κ2) is 8.78. The highest BCUT2D eigenvalue weighted by atomic mass is 35.5. The highest BCUT2D eigenvalue weighted by Crippen LogP contribution is 2.38. The summed E-state index contributed by atoms with van der Waals surface area (Å²) < 4.78 is 22.0. The smallest absolute Gasteiger partial charge is 0.254 e. The van der Waals surface area contributed by atoms with Crippen LogP contribution in [-0.4, -0.2) is 49.8 Å². The molecule has 2 amide bonds. The van der Waals surface area contributed by atoms with Gasteiger partial charge in [-0.05, 0) is 37.1 Å². The van der Waals surface area contributed by atoms with Crippen LogP contribution < -0.4 is 24.3 Å². The highest BCUT2D eigenvalue weighted by Gasteiger charge is 2.29. The Morgan fingerprint density at radius 2 is 1.72 bits per heavy atom. The molecular weight excluding hydrogens is 436 g/mol. The molecule has 3 aliphatic rings. The lowest BCUT2D eigenvalue weighted by atomic mass is 9.95. The first-order chi connectivity index (χ1) is 15.6. The van der Waals surface area contributed by atoms with Crippen molar-refractivity contribution in [3.8, 4) is 23.0 Å². The first kappa shape index (κ1) is 20.8. The molecule has 9 heteroatoms. The minimum absolute atomic E-state index is 0.0606. The van der Waals surface area contributed by atoms with E-state index in [1.165, 1.54) is 0 Å². The molecule has 8 nitrogen and oxygen atoms in total. The molecule has 0 bridgehead atoms. The number of piperidine rings is 1. The fourth-order valence-corrected chi connectivity index (χ4v) is 4.37. The molecule has 0 spiro atoms. The van der Waals surface area contributed by atoms with E-state index in [-0.39, 0.29) is 24.5 Å². The van der Waals surface area contributed by atoms with Crippen LogP contribution in [0.15, 0.2) is 30.3 Å². The van der Waals surface area contributed by atoms with Gasteiger partial charge in [0.25, 0.3) is 5.91 Å². The van der Waals surface area contributed by atoms with Crippen molar-refractivity contribution in [2.45, 2.75) is 19.3 Å². The third kappa shape index (κ3) is 4.14. The summed E-state index contributed by atoms with van der Waals surface area (Å²) in [5, 5.41) is 3.31. The van der Waals surface area contributed by atoms with Gasteiger partial charge < -0.3 is 29.2 Å². The number of likely N-dealkylation sites (tertiary alicyclic amines) is 1.